The highest BCUT2D eigenvalue weighted by Gasteiger charge is 2.24. The zero-order valence-corrected chi connectivity index (χ0v) is 25.3. The molecule has 0 aliphatic rings. The Balaban J connectivity index is 1.81. The number of hydrogen-bond acceptors (Lipinski definition) is 5. The number of rotatable bonds is 15. The molecule has 0 heterocycles. The number of hydrogen-bond donors (Lipinski definition) is 3. The zero-order valence-electron chi connectivity index (χ0n) is 25.3. The minimum atomic E-state index is -1.14. The predicted molar refractivity (Wildman–Crippen MR) is 163 cm³/mol. The van der Waals surface area contributed by atoms with Gasteiger partial charge in [-0.3, -0.25) is 14.4 Å². The summed E-state index contributed by atoms with van der Waals surface area (Å²) < 4.78 is 27.9. The van der Waals surface area contributed by atoms with Crippen LogP contribution in [0.5, 0.6) is 0 Å². The van der Waals surface area contributed by atoms with Crippen molar-refractivity contribution in [2.24, 2.45) is 0 Å². The lowest BCUT2D eigenvalue weighted by atomic mass is 9.99. The number of benzene rings is 3. The van der Waals surface area contributed by atoms with Crippen LogP contribution in [0.1, 0.15) is 81.4 Å². The molecule has 230 valence electrons. The molecule has 7 nitrogen and oxygen atoms in total. The predicted octanol–water partition coefficient (Wildman–Crippen LogP) is 5.23. The van der Waals surface area contributed by atoms with Crippen molar-refractivity contribution in [3.8, 4) is 0 Å². The summed E-state index contributed by atoms with van der Waals surface area (Å²) in [6.07, 6.45) is 0.436. The zero-order chi connectivity index (χ0) is 31.5. The van der Waals surface area contributed by atoms with Crippen LogP contribution in [-0.2, 0) is 13.0 Å². The highest BCUT2D eigenvalue weighted by atomic mass is 19.1. The van der Waals surface area contributed by atoms with Crippen LogP contribution in [-0.4, -0.2) is 59.4 Å². The number of carbonyl (C=O) groups is 3. The van der Waals surface area contributed by atoms with Crippen LogP contribution in [0.25, 0.3) is 0 Å². The highest BCUT2D eigenvalue weighted by Crippen LogP contribution is 2.16. The maximum absolute atomic E-state index is 14.0. The quantitative estimate of drug-likeness (QED) is 0.210. The van der Waals surface area contributed by atoms with Gasteiger partial charge in [0.15, 0.2) is 5.78 Å². The molecule has 0 saturated carbocycles. The van der Waals surface area contributed by atoms with E-state index in [1.54, 1.807) is 42.2 Å². The number of aryl methyl sites for hydroxylation is 1. The Morgan fingerprint density at radius 1 is 0.860 bits per heavy atom. The third-order valence-corrected chi connectivity index (χ3v) is 7.04. The standard InChI is InChI=1S/C34H41F2N3O4/c1-5-10-39(11-6-2)34(43)28-13-22(3)12-27(18-28)33(42)38-31(17-25-15-29(35)19-30(36)16-25)32(41)21-37-20-24-8-7-9-26(14-24)23(4)40/h7-9,12-16,18-19,31-32,37,41H,5-6,10-11,17,20-21H2,1-4H3,(H,38,42)/t31-,32+/m0/s1. The molecule has 3 rings (SSSR count). The van der Waals surface area contributed by atoms with Crippen molar-refractivity contribution in [3.63, 3.8) is 0 Å². The number of carbonyl (C=O) groups excluding carboxylic acids is 3. The summed E-state index contributed by atoms with van der Waals surface area (Å²) in [5.41, 5.74) is 3.04. The van der Waals surface area contributed by atoms with E-state index >= 15 is 0 Å². The maximum Gasteiger partial charge on any atom is 0.253 e. The first-order valence-electron chi connectivity index (χ1n) is 14.7. The second-order valence-electron chi connectivity index (χ2n) is 10.9. The second kappa shape index (κ2) is 16.0. The Bertz CT molecular complexity index is 1400. The van der Waals surface area contributed by atoms with E-state index in [1.807, 2.05) is 19.9 Å². The van der Waals surface area contributed by atoms with Gasteiger partial charge >= 0.3 is 0 Å². The SMILES string of the molecule is CCCN(CCC)C(=O)c1cc(C)cc(C(=O)N[C@@H](Cc2cc(F)cc(F)c2)[C@H](O)CNCc2cccc(C(C)=O)c2)c1. The Hall–Kier alpha value is -3.95. The van der Waals surface area contributed by atoms with E-state index in [4.69, 9.17) is 0 Å². The average molecular weight is 594 g/mol. The van der Waals surface area contributed by atoms with Crippen molar-refractivity contribution in [3.05, 3.63) is 106 Å². The summed E-state index contributed by atoms with van der Waals surface area (Å²) in [7, 11) is 0. The number of amides is 2. The number of aliphatic hydroxyl groups excluding tert-OH is 1. The molecule has 2 amide bonds. The Morgan fingerprint density at radius 3 is 2.14 bits per heavy atom. The molecule has 0 aliphatic heterocycles. The molecule has 0 aromatic heterocycles. The van der Waals surface area contributed by atoms with Crippen molar-refractivity contribution in [1.82, 2.24) is 15.5 Å². The van der Waals surface area contributed by atoms with Gasteiger partial charge in [-0.2, -0.15) is 0 Å². The molecule has 0 bridgehead atoms. The van der Waals surface area contributed by atoms with Crippen molar-refractivity contribution in [2.75, 3.05) is 19.6 Å². The summed E-state index contributed by atoms with van der Waals surface area (Å²) in [6, 6.07) is 14.2. The van der Waals surface area contributed by atoms with Gasteiger partial charge < -0.3 is 20.6 Å². The summed E-state index contributed by atoms with van der Waals surface area (Å²) in [5.74, 6) is -2.26. The van der Waals surface area contributed by atoms with E-state index in [-0.39, 0.29) is 35.8 Å². The fourth-order valence-electron chi connectivity index (χ4n) is 5.00. The first kappa shape index (κ1) is 33.6. The normalized spacial score (nSPS) is 12.4. The Kier molecular flexibility index (Phi) is 12.5. The molecule has 3 N–H and O–H groups in total. The molecule has 0 saturated heterocycles. The van der Waals surface area contributed by atoms with E-state index < -0.39 is 29.7 Å². The Labute approximate surface area is 252 Å². The molecule has 0 aliphatic carbocycles. The molecule has 9 heteroatoms. The van der Waals surface area contributed by atoms with Gasteiger partial charge in [0.05, 0.1) is 12.1 Å². The van der Waals surface area contributed by atoms with Crippen LogP contribution in [0.3, 0.4) is 0 Å². The number of Topliss-reactive ketones (excluding diaryl/α,β-unsaturated/α-hetero) is 1. The number of nitrogens with zero attached hydrogens (tertiary/aromatic N) is 1. The molecule has 2 atom stereocenters. The third-order valence-electron chi connectivity index (χ3n) is 7.04. The van der Waals surface area contributed by atoms with Gasteiger partial charge in [-0.05, 0) is 86.2 Å². The fraction of sp³-hybridized carbons (Fsp3) is 0.382. The molecule has 3 aromatic rings. The minimum absolute atomic E-state index is 0.0402. The lowest BCUT2D eigenvalue weighted by Gasteiger charge is -2.25. The first-order valence-corrected chi connectivity index (χ1v) is 14.7. The van der Waals surface area contributed by atoms with Crippen LogP contribution >= 0.6 is 0 Å². The smallest absolute Gasteiger partial charge is 0.253 e. The van der Waals surface area contributed by atoms with E-state index in [0.29, 0.717) is 30.8 Å². The monoisotopic (exact) mass is 593 g/mol. The van der Waals surface area contributed by atoms with E-state index in [1.165, 1.54) is 13.0 Å². The summed E-state index contributed by atoms with van der Waals surface area (Å²) in [4.78, 5) is 40.2. The van der Waals surface area contributed by atoms with Crippen molar-refractivity contribution in [2.45, 2.75) is 65.6 Å². The van der Waals surface area contributed by atoms with Crippen molar-refractivity contribution < 1.29 is 28.3 Å². The lowest BCUT2D eigenvalue weighted by Crippen LogP contribution is -2.48. The topological polar surface area (TPSA) is 98.7 Å². The number of ketones is 1. The second-order valence-corrected chi connectivity index (χ2v) is 10.9. The first-order chi connectivity index (χ1) is 20.5. The Morgan fingerprint density at radius 2 is 1.51 bits per heavy atom. The van der Waals surface area contributed by atoms with Crippen molar-refractivity contribution in [1.29, 1.82) is 0 Å². The van der Waals surface area contributed by atoms with Gasteiger partial charge in [0.25, 0.3) is 11.8 Å². The van der Waals surface area contributed by atoms with Gasteiger partial charge in [-0.25, -0.2) is 8.78 Å². The molecule has 0 fully saturated rings. The number of nitrogens with one attached hydrogen (secondary N) is 2. The maximum atomic E-state index is 14.0. The van der Waals surface area contributed by atoms with Crippen LogP contribution in [0.2, 0.25) is 0 Å². The van der Waals surface area contributed by atoms with Crippen molar-refractivity contribution >= 4 is 17.6 Å². The molecule has 0 spiro atoms. The fourth-order valence-corrected chi connectivity index (χ4v) is 5.00. The number of aliphatic hydroxyl groups is 1. The average Bonchev–Trinajstić information content (AvgIpc) is 2.95. The van der Waals surface area contributed by atoms with E-state index in [2.05, 4.69) is 10.6 Å². The van der Waals surface area contributed by atoms with Gasteiger partial charge in [0, 0.05) is 48.9 Å². The summed E-state index contributed by atoms with van der Waals surface area (Å²) >= 11 is 0. The van der Waals surface area contributed by atoms with Crippen LogP contribution in [0.15, 0.2) is 60.7 Å². The van der Waals surface area contributed by atoms with E-state index in [0.717, 1.165) is 42.2 Å². The molecule has 43 heavy (non-hydrogen) atoms. The molecular weight excluding hydrogens is 552 g/mol. The summed E-state index contributed by atoms with van der Waals surface area (Å²) in [5, 5.41) is 17.1. The van der Waals surface area contributed by atoms with Gasteiger partial charge in [-0.15, -0.1) is 0 Å². The van der Waals surface area contributed by atoms with Gasteiger partial charge in [-0.1, -0.05) is 32.0 Å². The summed E-state index contributed by atoms with van der Waals surface area (Å²) in [6.45, 7) is 8.89. The number of halogens is 2. The highest BCUT2D eigenvalue weighted by molar-refractivity contribution is 6.00. The minimum Gasteiger partial charge on any atom is -0.390 e. The molecular formula is C34H41F2N3O4. The molecule has 3 aromatic carbocycles. The van der Waals surface area contributed by atoms with Gasteiger partial charge in [0.1, 0.15) is 11.6 Å². The van der Waals surface area contributed by atoms with Crippen LogP contribution in [0.4, 0.5) is 8.78 Å². The molecule has 0 unspecified atom stereocenters. The van der Waals surface area contributed by atoms with Gasteiger partial charge in [0.2, 0.25) is 0 Å². The van der Waals surface area contributed by atoms with E-state index in [9.17, 15) is 28.3 Å². The molecule has 0 radical (unpaired) electrons. The lowest BCUT2D eigenvalue weighted by molar-refractivity contribution is 0.0755. The van der Waals surface area contributed by atoms with Crippen LogP contribution < -0.4 is 10.6 Å². The largest absolute Gasteiger partial charge is 0.390 e. The van der Waals surface area contributed by atoms with Crippen LogP contribution in [0, 0.1) is 18.6 Å². The third kappa shape index (κ3) is 10.1.